The van der Waals surface area contributed by atoms with Gasteiger partial charge in [0.15, 0.2) is 0 Å². The van der Waals surface area contributed by atoms with E-state index in [1.165, 1.54) is 42.6 Å². The summed E-state index contributed by atoms with van der Waals surface area (Å²) in [7, 11) is 1.73. The van der Waals surface area contributed by atoms with Crippen LogP contribution in [0.1, 0.15) is 54.6 Å². The molecule has 1 aromatic carbocycles. The van der Waals surface area contributed by atoms with Crippen molar-refractivity contribution < 1.29 is 27.8 Å². The number of hydrogen-bond acceptors (Lipinski definition) is 4. The summed E-state index contributed by atoms with van der Waals surface area (Å²) in [6.07, 6.45) is 0.00314. The van der Waals surface area contributed by atoms with Gasteiger partial charge < -0.3 is 9.84 Å². The van der Waals surface area contributed by atoms with Gasteiger partial charge in [-0.1, -0.05) is 12.1 Å². The van der Waals surface area contributed by atoms with Crippen molar-refractivity contribution in [3.05, 3.63) is 47.3 Å². The molecular formula is C20H24F3N3O3. The number of nitrogens with one attached hydrogen (secondary N) is 1. The number of aromatic nitrogens is 2. The Morgan fingerprint density at radius 3 is 2.66 bits per heavy atom. The third-order valence-corrected chi connectivity index (χ3v) is 5.10. The third kappa shape index (κ3) is 5.72. The number of alkyl halides is 3. The van der Waals surface area contributed by atoms with E-state index in [9.17, 15) is 13.2 Å². The molecule has 0 spiro atoms. The SMILES string of the molecule is COc1cccc(C2CCCN2Cc2cc(C3CC3)n[nH]2)c1.O=C(O)C(F)(F)F. The van der Waals surface area contributed by atoms with Crippen molar-refractivity contribution in [2.45, 2.75) is 50.4 Å². The standard InChI is InChI=1S/C18H23N3O.C2HF3O2/c1-22-16-5-2-4-14(10-16)18-6-3-9-21(18)12-15-11-17(20-19-15)13-7-8-13;3-2(4,5)1(6)7/h2,4-5,10-11,13,18H,3,6-9,12H2,1H3,(H,19,20);(H,6,7). The first-order chi connectivity index (χ1) is 13.8. The van der Waals surface area contributed by atoms with Crippen LogP contribution in [0, 0.1) is 0 Å². The fourth-order valence-corrected chi connectivity index (χ4v) is 3.51. The predicted octanol–water partition coefficient (Wildman–Crippen LogP) is 4.27. The van der Waals surface area contributed by atoms with Crippen LogP contribution in [0.4, 0.5) is 13.2 Å². The Bertz CT molecular complexity index is 834. The lowest BCUT2D eigenvalue weighted by atomic mass is 10.0. The topological polar surface area (TPSA) is 78.5 Å². The normalized spacial score (nSPS) is 19.5. The molecule has 9 heteroatoms. The number of nitrogens with zero attached hydrogens (tertiary/aromatic N) is 2. The molecule has 1 unspecified atom stereocenters. The summed E-state index contributed by atoms with van der Waals surface area (Å²) in [4.78, 5) is 11.5. The number of benzene rings is 1. The van der Waals surface area contributed by atoms with Crippen LogP contribution in [0.3, 0.4) is 0 Å². The number of carbonyl (C=O) groups is 1. The number of rotatable bonds is 5. The Morgan fingerprint density at radius 2 is 2.03 bits per heavy atom. The van der Waals surface area contributed by atoms with Gasteiger partial charge in [-0.3, -0.25) is 10.00 Å². The lowest BCUT2D eigenvalue weighted by Gasteiger charge is -2.24. The lowest BCUT2D eigenvalue weighted by Crippen LogP contribution is -2.23. The van der Waals surface area contributed by atoms with Gasteiger partial charge in [-0.2, -0.15) is 18.3 Å². The van der Waals surface area contributed by atoms with Crippen LogP contribution < -0.4 is 4.74 Å². The molecule has 1 saturated heterocycles. The van der Waals surface area contributed by atoms with Crippen LogP contribution in [0.25, 0.3) is 0 Å². The lowest BCUT2D eigenvalue weighted by molar-refractivity contribution is -0.192. The number of likely N-dealkylation sites (tertiary alicyclic amines) is 1. The molecule has 2 fully saturated rings. The van der Waals surface area contributed by atoms with E-state index >= 15 is 0 Å². The van der Waals surface area contributed by atoms with Gasteiger partial charge in [0.1, 0.15) is 5.75 Å². The molecular weight excluding hydrogens is 387 g/mol. The van der Waals surface area contributed by atoms with Gasteiger partial charge in [0, 0.05) is 24.2 Å². The monoisotopic (exact) mass is 411 g/mol. The second-order valence-electron chi connectivity index (χ2n) is 7.30. The fourth-order valence-electron chi connectivity index (χ4n) is 3.51. The molecule has 1 atom stereocenters. The predicted molar refractivity (Wildman–Crippen MR) is 99.6 cm³/mol. The van der Waals surface area contributed by atoms with E-state index < -0.39 is 12.1 Å². The van der Waals surface area contributed by atoms with Crippen molar-refractivity contribution in [2.75, 3.05) is 13.7 Å². The molecule has 1 saturated carbocycles. The third-order valence-electron chi connectivity index (χ3n) is 5.10. The number of methoxy groups -OCH3 is 1. The Balaban J connectivity index is 0.000000298. The first kappa shape index (κ1) is 21.2. The number of carboxylic acids is 1. The number of aromatic amines is 1. The summed E-state index contributed by atoms with van der Waals surface area (Å²) in [6.45, 7) is 2.11. The highest BCUT2D eigenvalue weighted by Crippen LogP contribution is 2.39. The van der Waals surface area contributed by atoms with Crippen LogP contribution >= 0.6 is 0 Å². The van der Waals surface area contributed by atoms with Crippen molar-refractivity contribution in [3.8, 4) is 5.75 Å². The minimum Gasteiger partial charge on any atom is -0.497 e. The Hall–Kier alpha value is -2.55. The number of ether oxygens (including phenoxy) is 1. The number of carboxylic acid groups (broad SMARTS) is 1. The Kier molecular flexibility index (Phi) is 6.46. The molecule has 2 aromatic rings. The van der Waals surface area contributed by atoms with E-state index in [1.807, 2.05) is 6.07 Å². The maximum Gasteiger partial charge on any atom is 0.490 e. The smallest absolute Gasteiger partial charge is 0.490 e. The zero-order valence-electron chi connectivity index (χ0n) is 16.1. The second-order valence-corrected chi connectivity index (χ2v) is 7.30. The van der Waals surface area contributed by atoms with Crippen molar-refractivity contribution in [1.82, 2.24) is 15.1 Å². The van der Waals surface area contributed by atoms with Crippen molar-refractivity contribution >= 4 is 5.97 Å². The quantitative estimate of drug-likeness (QED) is 0.769. The molecule has 2 heterocycles. The van der Waals surface area contributed by atoms with Crippen molar-refractivity contribution in [2.24, 2.45) is 0 Å². The van der Waals surface area contributed by atoms with E-state index in [4.69, 9.17) is 14.6 Å². The van der Waals surface area contributed by atoms with Crippen LogP contribution in [0.5, 0.6) is 5.75 Å². The Morgan fingerprint density at radius 1 is 1.31 bits per heavy atom. The molecule has 1 aliphatic carbocycles. The maximum absolute atomic E-state index is 10.6. The largest absolute Gasteiger partial charge is 0.497 e. The van der Waals surface area contributed by atoms with Gasteiger partial charge in [0.2, 0.25) is 0 Å². The summed E-state index contributed by atoms with van der Waals surface area (Å²) in [5.74, 6) is -1.09. The van der Waals surface area contributed by atoms with E-state index in [0.717, 1.165) is 24.8 Å². The second kappa shape index (κ2) is 8.86. The highest BCUT2D eigenvalue weighted by molar-refractivity contribution is 5.73. The zero-order chi connectivity index (χ0) is 21.0. The molecule has 0 amide bonds. The summed E-state index contributed by atoms with van der Waals surface area (Å²) < 4.78 is 37.1. The van der Waals surface area contributed by atoms with Gasteiger partial charge in [-0.25, -0.2) is 4.79 Å². The minimum absolute atomic E-state index is 0.489. The van der Waals surface area contributed by atoms with Crippen LogP contribution in [-0.4, -0.2) is 46.0 Å². The molecule has 0 radical (unpaired) electrons. The maximum atomic E-state index is 10.6. The van der Waals surface area contributed by atoms with Gasteiger partial charge in [-0.15, -0.1) is 0 Å². The molecule has 158 valence electrons. The van der Waals surface area contributed by atoms with Gasteiger partial charge in [0.05, 0.1) is 12.8 Å². The van der Waals surface area contributed by atoms with Crippen LogP contribution in [0.2, 0.25) is 0 Å². The summed E-state index contributed by atoms with van der Waals surface area (Å²) in [5, 5.41) is 14.8. The van der Waals surface area contributed by atoms with Crippen molar-refractivity contribution in [1.29, 1.82) is 0 Å². The highest BCUT2D eigenvalue weighted by atomic mass is 19.4. The first-order valence-corrected chi connectivity index (χ1v) is 9.50. The molecule has 29 heavy (non-hydrogen) atoms. The van der Waals surface area contributed by atoms with E-state index in [0.29, 0.717) is 6.04 Å². The molecule has 2 aliphatic rings. The molecule has 0 bridgehead atoms. The zero-order valence-corrected chi connectivity index (χ0v) is 16.1. The average molecular weight is 411 g/mol. The van der Waals surface area contributed by atoms with Gasteiger partial charge in [-0.05, 0) is 56.0 Å². The first-order valence-electron chi connectivity index (χ1n) is 9.50. The molecule has 2 N–H and O–H groups in total. The van der Waals surface area contributed by atoms with Crippen LogP contribution in [0.15, 0.2) is 30.3 Å². The van der Waals surface area contributed by atoms with Crippen molar-refractivity contribution in [3.63, 3.8) is 0 Å². The Labute approximate surface area is 166 Å². The highest BCUT2D eigenvalue weighted by Gasteiger charge is 2.38. The van der Waals surface area contributed by atoms with Gasteiger partial charge >= 0.3 is 12.1 Å². The summed E-state index contributed by atoms with van der Waals surface area (Å²) >= 11 is 0. The fraction of sp³-hybridized carbons (Fsp3) is 0.500. The number of aliphatic carboxylic acids is 1. The van der Waals surface area contributed by atoms with E-state index in [2.05, 4.69) is 39.4 Å². The average Bonchev–Trinajstić information content (AvgIpc) is 3.25. The summed E-state index contributed by atoms with van der Waals surface area (Å²) in [6, 6.07) is 11.2. The van der Waals surface area contributed by atoms with E-state index in [1.54, 1.807) is 7.11 Å². The minimum atomic E-state index is -5.08. The molecule has 4 rings (SSSR count). The number of H-pyrrole nitrogens is 1. The van der Waals surface area contributed by atoms with E-state index in [-0.39, 0.29) is 0 Å². The van der Waals surface area contributed by atoms with Gasteiger partial charge in [0.25, 0.3) is 0 Å². The number of hydrogen-bond donors (Lipinski definition) is 2. The number of halogens is 3. The molecule has 1 aliphatic heterocycles. The van der Waals surface area contributed by atoms with Crippen LogP contribution in [-0.2, 0) is 11.3 Å². The molecule has 1 aromatic heterocycles. The molecule has 6 nitrogen and oxygen atoms in total. The summed E-state index contributed by atoms with van der Waals surface area (Å²) in [5.41, 5.74) is 3.86.